The Morgan fingerprint density at radius 3 is 2.44 bits per heavy atom. The zero-order chi connectivity index (χ0) is 18.8. The molecule has 0 aliphatic rings. The molecule has 4 nitrogen and oxygen atoms in total. The first-order valence-electron chi connectivity index (χ1n) is 9.25. The summed E-state index contributed by atoms with van der Waals surface area (Å²) in [6.45, 7) is 1.18. The SMILES string of the molecule is NCCc1cn(CCC(N)=O)c2ccc(-c3ccc4ccccc4c3)cc12. The van der Waals surface area contributed by atoms with Gasteiger partial charge in [0.15, 0.2) is 0 Å². The molecule has 0 saturated carbocycles. The molecule has 4 heteroatoms. The fourth-order valence-corrected chi connectivity index (χ4v) is 3.69. The molecule has 1 heterocycles. The number of fused-ring (bicyclic) bond motifs is 2. The second-order valence-electron chi connectivity index (χ2n) is 6.90. The minimum atomic E-state index is -0.287. The molecular formula is C23H23N3O. The summed E-state index contributed by atoms with van der Waals surface area (Å²) in [5, 5.41) is 3.66. The summed E-state index contributed by atoms with van der Waals surface area (Å²) < 4.78 is 2.11. The van der Waals surface area contributed by atoms with Gasteiger partial charge in [0, 0.05) is 30.1 Å². The lowest BCUT2D eigenvalue weighted by Crippen LogP contribution is -2.13. The summed E-state index contributed by atoms with van der Waals surface area (Å²) in [5.74, 6) is -0.287. The van der Waals surface area contributed by atoms with E-state index in [4.69, 9.17) is 11.5 Å². The topological polar surface area (TPSA) is 74.0 Å². The molecule has 0 aliphatic heterocycles. The molecule has 0 saturated heterocycles. The second-order valence-corrected chi connectivity index (χ2v) is 6.90. The number of aromatic nitrogens is 1. The van der Waals surface area contributed by atoms with Gasteiger partial charge >= 0.3 is 0 Å². The third kappa shape index (κ3) is 3.44. The van der Waals surface area contributed by atoms with E-state index in [1.807, 2.05) is 0 Å². The molecule has 0 atom stereocenters. The smallest absolute Gasteiger partial charge is 0.219 e. The van der Waals surface area contributed by atoms with Crippen molar-refractivity contribution in [1.29, 1.82) is 0 Å². The fraction of sp³-hybridized carbons (Fsp3) is 0.174. The monoisotopic (exact) mass is 357 g/mol. The van der Waals surface area contributed by atoms with E-state index in [1.165, 1.54) is 32.8 Å². The first kappa shape index (κ1) is 17.3. The van der Waals surface area contributed by atoms with Crippen LogP contribution in [0.15, 0.2) is 66.9 Å². The van der Waals surface area contributed by atoms with Crippen LogP contribution in [0.1, 0.15) is 12.0 Å². The molecule has 4 N–H and O–H groups in total. The van der Waals surface area contributed by atoms with Crippen LogP contribution < -0.4 is 11.5 Å². The quantitative estimate of drug-likeness (QED) is 0.550. The van der Waals surface area contributed by atoms with Crippen molar-refractivity contribution < 1.29 is 4.79 Å². The standard InChI is InChI=1S/C23H23N3O/c24-11-9-20-15-26(12-10-23(25)27)22-8-7-19(14-21(20)22)18-6-5-16-3-1-2-4-17(16)13-18/h1-8,13-15H,9-12,24H2,(H2,25,27). The van der Waals surface area contributed by atoms with E-state index in [-0.39, 0.29) is 5.91 Å². The molecule has 3 aromatic carbocycles. The predicted octanol–water partition coefficient (Wildman–Crippen LogP) is 3.84. The highest BCUT2D eigenvalue weighted by molar-refractivity contribution is 5.92. The second kappa shape index (κ2) is 7.25. The number of carbonyl (C=O) groups is 1. The summed E-state index contributed by atoms with van der Waals surface area (Å²) in [5.41, 5.74) is 15.8. The average Bonchev–Trinajstić information content (AvgIpc) is 3.03. The lowest BCUT2D eigenvalue weighted by atomic mass is 9.99. The van der Waals surface area contributed by atoms with Crippen LogP contribution in [0.2, 0.25) is 0 Å². The Hall–Kier alpha value is -3.11. The molecule has 0 unspecified atom stereocenters. The van der Waals surface area contributed by atoms with E-state index < -0.39 is 0 Å². The van der Waals surface area contributed by atoms with Gasteiger partial charge in [-0.2, -0.15) is 0 Å². The van der Waals surface area contributed by atoms with Crippen LogP contribution in [0.4, 0.5) is 0 Å². The molecule has 0 aliphatic carbocycles. The van der Waals surface area contributed by atoms with Gasteiger partial charge in [0.25, 0.3) is 0 Å². The lowest BCUT2D eigenvalue weighted by Gasteiger charge is -2.07. The number of benzene rings is 3. The van der Waals surface area contributed by atoms with Crippen molar-refractivity contribution in [3.63, 3.8) is 0 Å². The maximum atomic E-state index is 11.2. The maximum Gasteiger partial charge on any atom is 0.219 e. The first-order valence-corrected chi connectivity index (χ1v) is 9.25. The number of nitrogens with two attached hydrogens (primary N) is 2. The van der Waals surface area contributed by atoms with Gasteiger partial charge in [0.05, 0.1) is 0 Å². The van der Waals surface area contributed by atoms with Crippen LogP contribution in [-0.4, -0.2) is 17.0 Å². The molecule has 27 heavy (non-hydrogen) atoms. The summed E-state index contributed by atoms with van der Waals surface area (Å²) in [4.78, 5) is 11.2. The van der Waals surface area contributed by atoms with Crippen molar-refractivity contribution in [3.05, 3.63) is 72.4 Å². The average molecular weight is 357 g/mol. The minimum Gasteiger partial charge on any atom is -0.370 e. The van der Waals surface area contributed by atoms with Crippen LogP contribution in [0, 0.1) is 0 Å². The zero-order valence-corrected chi connectivity index (χ0v) is 15.2. The normalized spacial score (nSPS) is 11.3. The molecule has 4 rings (SSSR count). The Morgan fingerprint density at radius 2 is 1.67 bits per heavy atom. The van der Waals surface area contributed by atoms with Crippen molar-refractivity contribution in [2.24, 2.45) is 11.5 Å². The Morgan fingerprint density at radius 1 is 0.926 bits per heavy atom. The highest BCUT2D eigenvalue weighted by Gasteiger charge is 2.11. The minimum absolute atomic E-state index is 0.287. The van der Waals surface area contributed by atoms with E-state index in [0.717, 1.165) is 11.9 Å². The molecule has 1 aromatic heterocycles. The summed E-state index contributed by atoms with van der Waals surface area (Å²) >= 11 is 0. The first-order chi connectivity index (χ1) is 13.2. The number of hydrogen-bond donors (Lipinski definition) is 2. The number of rotatable bonds is 6. The highest BCUT2D eigenvalue weighted by atomic mass is 16.1. The maximum absolute atomic E-state index is 11.2. The number of amides is 1. The number of aryl methyl sites for hydroxylation is 1. The van der Waals surface area contributed by atoms with Crippen LogP contribution in [0.3, 0.4) is 0 Å². The van der Waals surface area contributed by atoms with Crippen LogP contribution in [0.25, 0.3) is 32.8 Å². The van der Waals surface area contributed by atoms with Crippen LogP contribution >= 0.6 is 0 Å². The molecule has 0 bridgehead atoms. The van der Waals surface area contributed by atoms with Gasteiger partial charge in [0.2, 0.25) is 5.91 Å². The van der Waals surface area contributed by atoms with E-state index in [9.17, 15) is 4.79 Å². The predicted molar refractivity (Wildman–Crippen MR) is 111 cm³/mol. The summed E-state index contributed by atoms with van der Waals surface area (Å²) in [6.07, 6.45) is 3.24. The van der Waals surface area contributed by atoms with Crippen molar-refractivity contribution in [1.82, 2.24) is 4.57 Å². The number of carbonyl (C=O) groups excluding carboxylic acids is 1. The third-order valence-electron chi connectivity index (χ3n) is 5.06. The Bertz CT molecular complexity index is 1130. The van der Waals surface area contributed by atoms with E-state index in [2.05, 4.69) is 71.4 Å². The summed E-state index contributed by atoms with van der Waals surface area (Å²) in [6, 6.07) is 21.4. The van der Waals surface area contributed by atoms with Crippen LogP contribution in [0.5, 0.6) is 0 Å². The van der Waals surface area contributed by atoms with E-state index in [1.54, 1.807) is 0 Å². The van der Waals surface area contributed by atoms with Crippen LogP contribution in [-0.2, 0) is 17.8 Å². The number of nitrogens with zero attached hydrogens (tertiary/aromatic N) is 1. The Balaban J connectivity index is 1.79. The van der Waals surface area contributed by atoms with Crippen molar-refractivity contribution in [3.8, 4) is 11.1 Å². The molecule has 136 valence electrons. The fourth-order valence-electron chi connectivity index (χ4n) is 3.69. The summed E-state index contributed by atoms with van der Waals surface area (Å²) in [7, 11) is 0. The largest absolute Gasteiger partial charge is 0.370 e. The molecule has 1 amide bonds. The van der Waals surface area contributed by atoms with Gasteiger partial charge in [-0.3, -0.25) is 4.79 Å². The van der Waals surface area contributed by atoms with Crippen molar-refractivity contribution in [2.45, 2.75) is 19.4 Å². The lowest BCUT2D eigenvalue weighted by molar-refractivity contribution is -0.118. The van der Waals surface area contributed by atoms with Gasteiger partial charge in [-0.25, -0.2) is 0 Å². The van der Waals surface area contributed by atoms with E-state index >= 15 is 0 Å². The van der Waals surface area contributed by atoms with Gasteiger partial charge in [-0.15, -0.1) is 0 Å². The van der Waals surface area contributed by atoms with Crippen molar-refractivity contribution >= 4 is 27.6 Å². The zero-order valence-electron chi connectivity index (χ0n) is 15.2. The number of hydrogen-bond acceptors (Lipinski definition) is 2. The van der Waals surface area contributed by atoms with Gasteiger partial charge in [-0.1, -0.05) is 42.5 Å². The van der Waals surface area contributed by atoms with Gasteiger partial charge in [-0.05, 0) is 58.6 Å². The molecule has 0 fully saturated rings. The van der Waals surface area contributed by atoms with Crippen molar-refractivity contribution in [2.75, 3.05) is 6.54 Å². The third-order valence-corrected chi connectivity index (χ3v) is 5.06. The van der Waals surface area contributed by atoms with Gasteiger partial charge < -0.3 is 16.0 Å². The molecule has 0 spiro atoms. The number of primary amides is 1. The highest BCUT2D eigenvalue weighted by Crippen LogP contribution is 2.30. The van der Waals surface area contributed by atoms with E-state index in [0.29, 0.717) is 19.5 Å². The molecule has 0 radical (unpaired) electrons. The Kier molecular flexibility index (Phi) is 4.65. The molecular weight excluding hydrogens is 334 g/mol. The molecule has 4 aromatic rings. The van der Waals surface area contributed by atoms with Gasteiger partial charge in [0.1, 0.15) is 0 Å². The Labute approximate surface area is 158 Å².